The topological polar surface area (TPSA) is 53.7 Å². The Morgan fingerprint density at radius 3 is 1.57 bits per heavy atom. The summed E-state index contributed by atoms with van der Waals surface area (Å²) in [4.78, 5) is 0. The van der Waals surface area contributed by atoms with E-state index in [1.54, 1.807) is 21.3 Å². The second-order valence-electron chi connectivity index (χ2n) is 2.81. The molecule has 88 valence electrons. The smallest absolute Gasteiger partial charge is 0.377 e. The molecule has 0 spiro atoms. The highest BCUT2D eigenvalue weighted by Gasteiger charge is 2.36. The predicted octanol–water partition coefficient (Wildman–Crippen LogP) is 1.63. The Morgan fingerprint density at radius 1 is 1.00 bits per heavy atom. The molecule has 0 bridgehead atoms. The third kappa shape index (κ3) is 7.46. The van der Waals surface area contributed by atoms with Gasteiger partial charge < -0.3 is 19.0 Å². The fourth-order valence-electron chi connectivity index (χ4n) is 0.949. The molecule has 14 heavy (non-hydrogen) atoms. The van der Waals surface area contributed by atoms with Crippen LogP contribution in [-0.2, 0) is 13.3 Å². The van der Waals surface area contributed by atoms with E-state index >= 15 is 0 Å². The van der Waals surface area contributed by atoms with Crippen LogP contribution in [-0.4, -0.2) is 36.7 Å². The maximum atomic E-state index is 5.23. The Hall–Kier alpha value is 0.0569. The highest BCUT2D eigenvalue weighted by molar-refractivity contribution is 6.60. The maximum absolute atomic E-state index is 5.23. The van der Waals surface area contributed by atoms with Gasteiger partial charge in [0, 0.05) is 27.4 Å². The molecular weight excluding hydrogens is 198 g/mol. The van der Waals surface area contributed by atoms with Gasteiger partial charge in [-0.3, -0.25) is 0 Å². The van der Waals surface area contributed by atoms with E-state index in [-0.39, 0.29) is 0 Å². The lowest BCUT2D eigenvalue weighted by molar-refractivity contribution is 0.123. The van der Waals surface area contributed by atoms with E-state index in [2.05, 4.69) is 6.92 Å². The first-order valence-corrected chi connectivity index (χ1v) is 6.94. The van der Waals surface area contributed by atoms with Crippen LogP contribution in [0, 0.1) is 0 Å². The van der Waals surface area contributed by atoms with Gasteiger partial charge in [-0.2, -0.15) is 0 Å². The number of unbranched alkanes of at least 4 members (excludes halogenated alkanes) is 1. The molecule has 5 heteroatoms. The van der Waals surface area contributed by atoms with Gasteiger partial charge >= 0.3 is 8.80 Å². The molecule has 4 nitrogen and oxygen atoms in total. The molecule has 0 atom stereocenters. The van der Waals surface area contributed by atoms with Crippen molar-refractivity contribution >= 4 is 8.80 Å². The van der Waals surface area contributed by atoms with E-state index in [0.717, 1.165) is 25.4 Å². The van der Waals surface area contributed by atoms with Crippen molar-refractivity contribution in [2.24, 2.45) is 5.73 Å². The Labute approximate surface area is 89.1 Å². The van der Waals surface area contributed by atoms with Crippen molar-refractivity contribution in [1.82, 2.24) is 0 Å². The highest BCUT2D eigenvalue weighted by Crippen LogP contribution is 2.15. The standard InChI is InChI=1S/C7H18O3Si.C2H7N/c1-5-6-7-11(8-2,9-3)10-4;1-2-3/h5-7H2,1-4H3;2-3H2,1H3. The summed E-state index contributed by atoms with van der Waals surface area (Å²) < 4.78 is 15.7. The monoisotopic (exact) mass is 223 g/mol. The second kappa shape index (κ2) is 11.1. The second-order valence-corrected chi connectivity index (χ2v) is 5.90. The van der Waals surface area contributed by atoms with Crippen molar-refractivity contribution in [2.45, 2.75) is 32.7 Å². The molecule has 2 N–H and O–H groups in total. The van der Waals surface area contributed by atoms with Crippen LogP contribution in [0.5, 0.6) is 0 Å². The fourth-order valence-corrected chi connectivity index (χ4v) is 2.85. The molecule has 0 saturated heterocycles. The molecule has 0 amide bonds. The zero-order chi connectivity index (χ0) is 11.4. The molecule has 0 rings (SSSR count). The van der Waals surface area contributed by atoms with Gasteiger partial charge in [-0.1, -0.05) is 20.3 Å². The van der Waals surface area contributed by atoms with Crippen molar-refractivity contribution in [2.75, 3.05) is 27.9 Å². The van der Waals surface area contributed by atoms with Gasteiger partial charge in [-0.25, -0.2) is 0 Å². The summed E-state index contributed by atoms with van der Waals surface area (Å²) in [6, 6.07) is 0.910. The number of hydrogen-bond acceptors (Lipinski definition) is 4. The molecule has 0 saturated carbocycles. The van der Waals surface area contributed by atoms with Gasteiger partial charge in [-0.05, 0) is 13.0 Å². The summed E-state index contributed by atoms with van der Waals surface area (Å²) >= 11 is 0. The molecule has 0 aromatic carbocycles. The largest absolute Gasteiger partial charge is 0.500 e. The van der Waals surface area contributed by atoms with Crippen LogP contribution in [0.1, 0.15) is 26.7 Å². The molecule has 0 fully saturated rings. The Bertz CT molecular complexity index is 102. The van der Waals surface area contributed by atoms with Gasteiger partial charge in [0.15, 0.2) is 0 Å². The van der Waals surface area contributed by atoms with E-state index in [1.165, 1.54) is 0 Å². The van der Waals surface area contributed by atoms with Crippen molar-refractivity contribution in [1.29, 1.82) is 0 Å². The third-order valence-corrected chi connectivity index (χ3v) is 4.60. The Kier molecular flexibility index (Phi) is 13.1. The van der Waals surface area contributed by atoms with Crippen molar-refractivity contribution in [3.8, 4) is 0 Å². The van der Waals surface area contributed by atoms with Crippen LogP contribution in [0.4, 0.5) is 0 Å². The summed E-state index contributed by atoms with van der Waals surface area (Å²) in [6.07, 6.45) is 2.24. The van der Waals surface area contributed by atoms with E-state index in [4.69, 9.17) is 19.0 Å². The molecule has 0 aromatic heterocycles. The number of nitrogens with two attached hydrogens (primary N) is 1. The number of rotatable bonds is 6. The first-order valence-electron chi connectivity index (χ1n) is 5.01. The van der Waals surface area contributed by atoms with Crippen LogP contribution in [0.25, 0.3) is 0 Å². The van der Waals surface area contributed by atoms with Gasteiger partial charge in [0.05, 0.1) is 0 Å². The molecule has 0 unspecified atom stereocenters. The van der Waals surface area contributed by atoms with Gasteiger partial charge in [0.1, 0.15) is 0 Å². The molecule has 0 aromatic rings. The predicted molar refractivity (Wildman–Crippen MR) is 61.2 cm³/mol. The molecule has 0 radical (unpaired) electrons. The van der Waals surface area contributed by atoms with E-state index in [0.29, 0.717) is 0 Å². The van der Waals surface area contributed by atoms with Gasteiger partial charge in [0.25, 0.3) is 0 Å². The van der Waals surface area contributed by atoms with E-state index in [9.17, 15) is 0 Å². The van der Waals surface area contributed by atoms with Crippen LogP contribution >= 0.6 is 0 Å². The molecule has 0 aliphatic heterocycles. The maximum Gasteiger partial charge on any atom is 0.500 e. The first-order chi connectivity index (χ1) is 6.66. The lowest BCUT2D eigenvalue weighted by atomic mass is 10.4. The first kappa shape index (κ1) is 16.5. The Balaban J connectivity index is 0. The van der Waals surface area contributed by atoms with Crippen molar-refractivity contribution in [3.63, 3.8) is 0 Å². The number of hydrogen-bond donors (Lipinski definition) is 1. The molecule has 0 heterocycles. The minimum atomic E-state index is -2.24. The van der Waals surface area contributed by atoms with Gasteiger partial charge in [-0.15, -0.1) is 0 Å². The van der Waals surface area contributed by atoms with Crippen LogP contribution in [0.2, 0.25) is 6.04 Å². The normalized spacial score (nSPS) is 10.7. The highest BCUT2D eigenvalue weighted by atomic mass is 28.4. The van der Waals surface area contributed by atoms with Crippen LogP contribution < -0.4 is 5.73 Å². The zero-order valence-corrected chi connectivity index (χ0v) is 11.1. The van der Waals surface area contributed by atoms with Crippen molar-refractivity contribution in [3.05, 3.63) is 0 Å². The molecular formula is C9H25NO3Si. The Morgan fingerprint density at radius 2 is 1.36 bits per heavy atom. The summed E-state index contributed by atoms with van der Waals surface area (Å²) in [5.74, 6) is 0. The minimum Gasteiger partial charge on any atom is -0.377 e. The molecule has 0 aliphatic rings. The molecule has 0 aliphatic carbocycles. The summed E-state index contributed by atoms with van der Waals surface area (Å²) in [6.45, 7) is 4.79. The summed E-state index contributed by atoms with van der Waals surface area (Å²) in [5.41, 5.74) is 4.85. The average molecular weight is 223 g/mol. The minimum absolute atomic E-state index is 0.750. The summed E-state index contributed by atoms with van der Waals surface area (Å²) in [7, 11) is 2.70. The average Bonchev–Trinajstić information content (AvgIpc) is 2.22. The third-order valence-electron chi connectivity index (χ3n) is 1.77. The van der Waals surface area contributed by atoms with E-state index < -0.39 is 8.80 Å². The van der Waals surface area contributed by atoms with Gasteiger partial charge in [0.2, 0.25) is 0 Å². The lowest BCUT2D eigenvalue weighted by Gasteiger charge is -2.23. The lowest BCUT2D eigenvalue weighted by Crippen LogP contribution is -2.42. The van der Waals surface area contributed by atoms with Crippen LogP contribution in [0.15, 0.2) is 0 Å². The zero-order valence-electron chi connectivity index (χ0n) is 10.1. The summed E-state index contributed by atoms with van der Waals surface area (Å²) in [5, 5.41) is 0. The SMILES string of the molecule is CCCC[Si](OC)(OC)OC.CCN. The quantitative estimate of drug-likeness (QED) is 0.695. The van der Waals surface area contributed by atoms with E-state index in [1.807, 2.05) is 6.92 Å². The van der Waals surface area contributed by atoms with Crippen molar-refractivity contribution < 1.29 is 13.3 Å². The van der Waals surface area contributed by atoms with Crippen LogP contribution in [0.3, 0.4) is 0 Å². The fraction of sp³-hybridized carbons (Fsp3) is 1.00.